The monoisotopic (exact) mass is 280 g/mol. The molecule has 2 aromatic heterocycles. The minimum Gasteiger partial charge on any atom is -0.481 e. The van der Waals surface area contributed by atoms with E-state index in [1.54, 1.807) is 22.9 Å². The molecular weight excluding hydrogens is 264 g/mol. The number of aryl methyl sites for hydroxylation is 1. The van der Waals surface area contributed by atoms with Crippen LogP contribution in [0.2, 0.25) is 0 Å². The van der Waals surface area contributed by atoms with Crippen LogP contribution in [0.25, 0.3) is 10.7 Å². The van der Waals surface area contributed by atoms with Crippen molar-refractivity contribution in [3.8, 4) is 10.7 Å². The van der Waals surface area contributed by atoms with E-state index < -0.39 is 11.9 Å². The maximum absolute atomic E-state index is 11.1. The van der Waals surface area contributed by atoms with Crippen LogP contribution in [0.4, 0.5) is 0 Å². The third-order valence-electron chi connectivity index (χ3n) is 3.22. The van der Waals surface area contributed by atoms with Crippen LogP contribution >= 0.6 is 11.3 Å². The van der Waals surface area contributed by atoms with Crippen molar-refractivity contribution in [1.29, 1.82) is 0 Å². The van der Waals surface area contributed by atoms with Crippen LogP contribution in [0.15, 0.2) is 12.1 Å². The highest BCUT2D eigenvalue weighted by atomic mass is 32.1. The van der Waals surface area contributed by atoms with E-state index in [0.29, 0.717) is 5.82 Å². The lowest BCUT2D eigenvalue weighted by Gasteiger charge is -2.16. The normalized spacial score (nSPS) is 14.3. The molecule has 1 N–H and O–H groups in total. The van der Waals surface area contributed by atoms with Crippen molar-refractivity contribution in [2.75, 3.05) is 0 Å². The topological polar surface area (TPSA) is 80.9 Å². The molecule has 102 valence electrons. The molecule has 0 spiro atoms. The molecule has 19 heavy (non-hydrogen) atoms. The molecule has 0 bridgehead atoms. The van der Waals surface area contributed by atoms with Crippen LogP contribution in [0, 0.1) is 5.92 Å². The summed E-state index contributed by atoms with van der Waals surface area (Å²) in [6.07, 6.45) is 0.966. The van der Waals surface area contributed by atoms with E-state index in [1.807, 2.05) is 19.1 Å². The van der Waals surface area contributed by atoms with Crippen LogP contribution in [0.1, 0.15) is 31.7 Å². The summed E-state index contributed by atoms with van der Waals surface area (Å²) >= 11 is 1.63. The Labute approximate surface area is 115 Å². The number of carboxylic acid groups (broad SMARTS) is 1. The number of rotatable bonds is 5. The average molecular weight is 280 g/mol. The van der Waals surface area contributed by atoms with Crippen molar-refractivity contribution in [3.05, 3.63) is 17.0 Å². The van der Waals surface area contributed by atoms with Gasteiger partial charge in [0.15, 0.2) is 5.82 Å². The van der Waals surface area contributed by atoms with E-state index in [1.165, 1.54) is 4.88 Å². The smallest absolute Gasteiger partial charge is 0.308 e. The predicted molar refractivity (Wildman–Crippen MR) is 72.0 cm³/mol. The lowest BCUT2D eigenvalue weighted by Crippen LogP contribution is -2.23. The third kappa shape index (κ3) is 2.65. The Balaban J connectivity index is 2.34. The van der Waals surface area contributed by atoms with Crippen molar-refractivity contribution in [3.63, 3.8) is 0 Å². The van der Waals surface area contributed by atoms with Crippen molar-refractivity contribution in [2.45, 2.75) is 33.2 Å². The summed E-state index contributed by atoms with van der Waals surface area (Å²) in [5.74, 6) is -0.771. The lowest BCUT2D eigenvalue weighted by atomic mass is 10.0. The summed E-state index contributed by atoms with van der Waals surface area (Å²) in [6, 6.07) is 3.73. The SMILES string of the molecule is CCc1ccc(-c2nnnn2C(C)C(C)C(=O)O)s1. The average Bonchev–Trinajstić information content (AvgIpc) is 3.04. The molecule has 2 unspecified atom stereocenters. The number of nitrogens with zero attached hydrogens (tertiary/aromatic N) is 4. The highest BCUT2D eigenvalue weighted by Crippen LogP contribution is 2.29. The summed E-state index contributed by atoms with van der Waals surface area (Å²) in [7, 11) is 0. The van der Waals surface area contributed by atoms with Gasteiger partial charge in [-0.1, -0.05) is 6.92 Å². The van der Waals surface area contributed by atoms with Crippen molar-refractivity contribution in [2.24, 2.45) is 5.92 Å². The lowest BCUT2D eigenvalue weighted by molar-refractivity contribution is -0.142. The highest BCUT2D eigenvalue weighted by molar-refractivity contribution is 7.15. The molecule has 0 saturated heterocycles. The van der Waals surface area contributed by atoms with Crippen molar-refractivity contribution < 1.29 is 9.90 Å². The van der Waals surface area contributed by atoms with Gasteiger partial charge in [-0.15, -0.1) is 16.4 Å². The van der Waals surface area contributed by atoms with Gasteiger partial charge in [0, 0.05) is 4.88 Å². The molecule has 2 rings (SSSR count). The summed E-state index contributed by atoms with van der Waals surface area (Å²) in [6.45, 7) is 5.56. The van der Waals surface area contributed by atoms with Gasteiger partial charge in [-0.05, 0) is 42.8 Å². The van der Waals surface area contributed by atoms with E-state index in [0.717, 1.165) is 11.3 Å². The Kier molecular flexibility index (Phi) is 3.94. The molecule has 0 aliphatic carbocycles. The number of thiophene rings is 1. The Hall–Kier alpha value is -1.76. The predicted octanol–water partition coefficient (Wildman–Crippen LogP) is 2.25. The Morgan fingerprint density at radius 2 is 2.21 bits per heavy atom. The molecular formula is C12H16N4O2S. The van der Waals surface area contributed by atoms with E-state index in [4.69, 9.17) is 5.11 Å². The first-order valence-corrected chi connectivity index (χ1v) is 6.96. The fourth-order valence-corrected chi connectivity index (χ4v) is 2.66. The summed E-state index contributed by atoms with van der Waals surface area (Å²) in [4.78, 5) is 13.3. The van der Waals surface area contributed by atoms with Gasteiger partial charge in [0.1, 0.15) is 0 Å². The molecule has 0 radical (unpaired) electrons. The summed E-state index contributed by atoms with van der Waals surface area (Å²) < 4.78 is 1.59. The van der Waals surface area contributed by atoms with Crippen molar-refractivity contribution >= 4 is 17.3 Å². The van der Waals surface area contributed by atoms with Gasteiger partial charge < -0.3 is 5.11 Å². The van der Waals surface area contributed by atoms with Gasteiger partial charge in [0.25, 0.3) is 0 Å². The molecule has 2 atom stereocenters. The first-order chi connectivity index (χ1) is 9.04. The minimum atomic E-state index is -0.852. The molecule has 7 heteroatoms. The largest absolute Gasteiger partial charge is 0.481 e. The fraction of sp³-hybridized carbons (Fsp3) is 0.500. The van der Waals surface area contributed by atoms with Gasteiger partial charge >= 0.3 is 5.97 Å². The zero-order valence-electron chi connectivity index (χ0n) is 11.1. The first-order valence-electron chi connectivity index (χ1n) is 6.14. The maximum Gasteiger partial charge on any atom is 0.308 e. The molecule has 6 nitrogen and oxygen atoms in total. The van der Waals surface area contributed by atoms with E-state index in [-0.39, 0.29) is 6.04 Å². The number of aromatic nitrogens is 4. The minimum absolute atomic E-state index is 0.297. The second-order valence-electron chi connectivity index (χ2n) is 4.43. The van der Waals surface area contributed by atoms with Crippen molar-refractivity contribution in [1.82, 2.24) is 20.2 Å². The molecule has 2 aromatic rings. The van der Waals surface area contributed by atoms with Gasteiger partial charge in [0.05, 0.1) is 16.8 Å². The molecule has 0 aliphatic heterocycles. The summed E-state index contributed by atoms with van der Waals surface area (Å²) in [5.41, 5.74) is 0. The van der Waals surface area contributed by atoms with Crippen LogP contribution in [0.3, 0.4) is 0 Å². The third-order valence-corrected chi connectivity index (χ3v) is 4.45. The quantitative estimate of drug-likeness (QED) is 0.908. The van der Waals surface area contributed by atoms with Gasteiger partial charge in [0.2, 0.25) is 0 Å². The fourth-order valence-electron chi connectivity index (χ4n) is 1.74. The Morgan fingerprint density at radius 3 is 2.79 bits per heavy atom. The van der Waals surface area contributed by atoms with E-state index in [2.05, 4.69) is 22.4 Å². The number of hydrogen-bond acceptors (Lipinski definition) is 5. The zero-order chi connectivity index (χ0) is 14.0. The molecule has 0 aromatic carbocycles. The molecule has 0 fully saturated rings. The van der Waals surface area contributed by atoms with Crippen LogP contribution in [-0.4, -0.2) is 31.3 Å². The van der Waals surface area contributed by atoms with Gasteiger partial charge in [-0.3, -0.25) is 4.79 Å². The highest BCUT2D eigenvalue weighted by Gasteiger charge is 2.25. The second kappa shape index (κ2) is 5.48. The number of tetrazole rings is 1. The Bertz CT molecular complexity index is 578. The summed E-state index contributed by atoms with van der Waals surface area (Å²) in [5, 5.41) is 20.7. The number of carboxylic acids is 1. The van der Waals surface area contributed by atoms with Crippen LogP contribution < -0.4 is 0 Å². The molecule has 0 amide bonds. The first kappa shape index (κ1) is 13.7. The molecule has 0 aliphatic rings. The van der Waals surface area contributed by atoms with Crippen LogP contribution in [0.5, 0.6) is 0 Å². The number of aliphatic carboxylic acids is 1. The maximum atomic E-state index is 11.1. The van der Waals surface area contributed by atoms with E-state index >= 15 is 0 Å². The van der Waals surface area contributed by atoms with E-state index in [9.17, 15) is 4.79 Å². The Morgan fingerprint density at radius 1 is 1.47 bits per heavy atom. The van der Waals surface area contributed by atoms with Gasteiger partial charge in [-0.2, -0.15) is 0 Å². The number of hydrogen-bond donors (Lipinski definition) is 1. The second-order valence-corrected chi connectivity index (χ2v) is 5.60. The number of carbonyl (C=O) groups is 1. The zero-order valence-corrected chi connectivity index (χ0v) is 11.9. The standard InChI is InChI=1S/C12H16N4O2S/c1-4-9-5-6-10(19-9)11-13-14-15-16(11)8(3)7(2)12(17)18/h5-8H,4H2,1-3H3,(H,17,18). The molecule has 2 heterocycles. The van der Waals surface area contributed by atoms with Crippen LogP contribution in [-0.2, 0) is 11.2 Å². The molecule has 0 saturated carbocycles. The van der Waals surface area contributed by atoms with Gasteiger partial charge in [-0.25, -0.2) is 4.68 Å².